The molecule has 1 saturated carbocycles. The van der Waals surface area contributed by atoms with Crippen LogP contribution in [0.2, 0.25) is 5.15 Å². The number of hydrogen-bond acceptors (Lipinski definition) is 4. The van der Waals surface area contributed by atoms with Crippen molar-refractivity contribution in [2.45, 2.75) is 63.8 Å². The van der Waals surface area contributed by atoms with Crippen LogP contribution in [0.15, 0.2) is 30.6 Å². The molecule has 3 rings (SSSR count). The highest BCUT2D eigenvalue weighted by Crippen LogP contribution is 2.34. The number of halogens is 2. The van der Waals surface area contributed by atoms with Gasteiger partial charge in [0, 0.05) is 35.2 Å². The minimum atomic E-state index is -1.43. The van der Waals surface area contributed by atoms with Gasteiger partial charge < -0.3 is 10.4 Å². The summed E-state index contributed by atoms with van der Waals surface area (Å²) in [4.78, 5) is 8.59. The number of pyridine rings is 2. The lowest BCUT2D eigenvalue weighted by Crippen LogP contribution is -2.35. The lowest BCUT2D eigenvalue weighted by Gasteiger charge is -2.34. The van der Waals surface area contributed by atoms with Crippen molar-refractivity contribution in [3.05, 3.63) is 41.3 Å². The van der Waals surface area contributed by atoms with Gasteiger partial charge in [0.15, 0.2) is 0 Å². The number of hydrogen-bond donors (Lipinski definition) is 2. The monoisotopic (exact) mass is 377 g/mol. The molecule has 0 spiro atoms. The summed E-state index contributed by atoms with van der Waals surface area (Å²) in [7, 11) is 0. The normalized spacial score (nSPS) is 23.7. The fraction of sp³-hybridized carbons (Fsp3) is 0.500. The summed E-state index contributed by atoms with van der Waals surface area (Å²) in [6.07, 6.45) is 6.54. The van der Waals surface area contributed by atoms with Crippen LogP contribution in [0.1, 0.15) is 52.0 Å². The van der Waals surface area contributed by atoms with Crippen molar-refractivity contribution >= 4 is 17.3 Å². The third-order valence-corrected chi connectivity index (χ3v) is 5.23. The molecular weight excluding hydrogens is 353 g/mol. The molecule has 140 valence electrons. The summed E-state index contributed by atoms with van der Waals surface area (Å²) in [5, 5.41) is 14.1. The second-order valence-corrected chi connectivity index (χ2v) is 8.26. The van der Waals surface area contributed by atoms with Crippen molar-refractivity contribution in [2.24, 2.45) is 0 Å². The molecule has 0 saturated heterocycles. The molecular formula is C20H25ClFN3O. The zero-order valence-corrected chi connectivity index (χ0v) is 16.1. The predicted octanol–water partition coefficient (Wildman–Crippen LogP) is 5.11. The third kappa shape index (κ3) is 4.51. The van der Waals surface area contributed by atoms with Gasteiger partial charge in [-0.05, 0) is 58.6 Å². The fourth-order valence-corrected chi connectivity index (χ4v) is 3.42. The van der Waals surface area contributed by atoms with Gasteiger partial charge in [-0.3, -0.25) is 4.98 Å². The van der Waals surface area contributed by atoms with Gasteiger partial charge in [-0.15, -0.1) is 0 Å². The maximum Gasteiger partial charge on any atom is 0.131 e. The Morgan fingerprint density at radius 2 is 1.92 bits per heavy atom. The van der Waals surface area contributed by atoms with Gasteiger partial charge in [0.05, 0.1) is 11.3 Å². The van der Waals surface area contributed by atoms with E-state index < -0.39 is 11.3 Å². The van der Waals surface area contributed by atoms with Crippen molar-refractivity contribution in [2.75, 3.05) is 5.32 Å². The van der Waals surface area contributed by atoms with Gasteiger partial charge >= 0.3 is 0 Å². The molecule has 0 aromatic carbocycles. The van der Waals surface area contributed by atoms with Gasteiger partial charge in [0.25, 0.3) is 0 Å². The van der Waals surface area contributed by atoms with Crippen molar-refractivity contribution in [3.63, 3.8) is 0 Å². The molecule has 0 bridgehead atoms. The van der Waals surface area contributed by atoms with Crippen LogP contribution >= 0.6 is 11.6 Å². The third-order valence-electron chi connectivity index (χ3n) is 5.02. The number of aromatic nitrogens is 2. The van der Waals surface area contributed by atoms with Gasteiger partial charge in [-0.2, -0.15) is 0 Å². The van der Waals surface area contributed by atoms with Gasteiger partial charge in [0.2, 0.25) is 0 Å². The van der Waals surface area contributed by atoms with E-state index in [1.165, 1.54) is 13.8 Å². The molecule has 26 heavy (non-hydrogen) atoms. The zero-order valence-electron chi connectivity index (χ0n) is 15.4. The molecule has 0 unspecified atom stereocenters. The minimum absolute atomic E-state index is 0.261. The van der Waals surface area contributed by atoms with Crippen molar-refractivity contribution in [3.8, 4) is 11.3 Å². The van der Waals surface area contributed by atoms with Gasteiger partial charge in [0.1, 0.15) is 10.8 Å². The summed E-state index contributed by atoms with van der Waals surface area (Å²) in [6, 6.07) is 5.60. The van der Waals surface area contributed by atoms with Crippen LogP contribution in [0.3, 0.4) is 0 Å². The van der Waals surface area contributed by atoms with Gasteiger partial charge in [-0.25, -0.2) is 9.37 Å². The first-order chi connectivity index (χ1) is 12.1. The minimum Gasteiger partial charge on any atom is -0.390 e. The Labute approximate surface area is 158 Å². The summed E-state index contributed by atoms with van der Waals surface area (Å²) < 4.78 is 14.1. The zero-order chi connectivity index (χ0) is 18.9. The van der Waals surface area contributed by atoms with Crippen LogP contribution in [0.25, 0.3) is 11.3 Å². The average molecular weight is 378 g/mol. The van der Waals surface area contributed by atoms with Crippen LogP contribution in [0.4, 0.5) is 10.1 Å². The van der Waals surface area contributed by atoms with Gasteiger partial charge in [-0.1, -0.05) is 17.7 Å². The van der Waals surface area contributed by atoms with E-state index in [9.17, 15) is 9.50 Å². The summed E-state index contributed by atoms with van der Waals surface area (Å²) >= 11 is 6.09. The van der Waals surface area contributed by atoms with Crippen molar-refractivity contribution < 1.29 is 9.50 Å². The number of nitrogens with zero attached hydrogens (tertiary/aromatic N) is 2. The number of anilines is 1. The molecule has 1 aliphatic carbocycles. The van der Waals surface area contributed by atoms with E-state index in [2.05, 4.69) is 15.3 Å². The molecule has 0 atom stereocenters. The van der Waals surface area contributed by atoms with Crippen LogP contribution in [0.5, 0.6) is 0 Å². The van der Waals surface area contributed by atoms with Crippen LogP contribution < -0.4 is 5.32 Å². The van der Waals surface area contributed by atoms with E-state index in [0.717, 1.165) is 36.9 Å². The SMILES string of the molecule is CC1(O)CCC(Nc2cc(Cl)ncc2-c2ccc(C(C)(C)F)cn2)CC1. The Kier molecular flexibility index (Phi) is 5.22. The number of rotatable bonds is 4. The number of alkyl halides is 1. The Hall–Kier alpha value is -1.72. The standard InChI is InChI=1S/C20H25ClFN3O/c1-19(2,22)13-4-5-16(23-11-13)15-12-24-18(21)10-17(15)25-14-6-8-20(3,26)9-7-14/h4-5,10-12,14,26H,6-9H2,1-3H3,(H,24,25). The van der Waals surface area contributed by atoms with Crippen molar-refractivity contribution in [1.82, 2.24) is 9.97 Å². The van der Waals surface area contributed by atoms with Crippen molar-refractivity contribution in [1.29, 1.82) is 0 Å². The Morgan fingerprint density at radius 1 is 1.23 bits per heavy atom. The average Bonchev–Trinajstić information content (AvgIpc) is 2.56. The first-order valence-electron chi connectivity index (χ1n) is 8.94. The van der Waals surface area contributed by atoms with E-state index in [1.54, 1.807) is 30.6 Å². The molecule has 1 fully saturated rings. The Bertz CT molecular complexity index is 762. The highest BCUT2D eigenvalue weighted by molar-refractivity contribution is 6.29. The summed E-state index contributed by atoms with van der Waals surface area (Å²) in [6.45, 7) is 4.91. The number of aliphatic hydroxyl groups is 1. The van der Waals surface area contributed by atoms with E-state index >= 15 is 0 Å². The molecule has 0 amide bonds. The highest BCUT2D eigenvalue weighted by atomic mass is 35.5. The molecule has 0 aliphatic heterocycles. The molecule has 2 heterocycles. The molecule has 0 radical (unpaired) electrons. The largest absolute Gasteiger partial charge is 0.390 e. The summed E-state index contributed by atoms with van der Waals surface area (Å²) in [5.41, 5.74) is 0.933. The molecule has 6 heteroatoms. The van der Waals surface area contributed by atoms with E-state index in [0.29, 0.717) is 16.4 Å². The van der Waals surface area contributed by atoms with E-state index in [-0.39, 0.29) is 6.04 Å². The lowest BCUT2D eigenvalue weighted by molar-refractivity contribution is 0.0196. The molecule has 2 N–H and O–H groups in total. The van der Waals surface area contributed by atoms with Crippen LogP contribution in [-0.4, -0.2) is 26.7 Å². The second-order valence-electron chi connectivity index (χ2n) is 7.87. The molecule has 2 aromatic rings. The quantitative estimate of drug-likeness (QED) is 0.727. The van der Waals surface area contributed by atoms with Crippen LogP contribution in [-0.2, 0) is 5.67 Å². The first kappa shape index (κ1) is 19.1. The molecule has 2 aromatic heterocycles. The van der Waals surface area contributed by atoms with Crippen LogP contribution in [0, 0.1) is 0 Å². The maximum absolute atomic E-state index is 14.1. The smallest absolute Gasteiger partial charge is 0.131 e. The number of nitrogens with one attached hydrogen (secondary N) is 1. The van der Waals surface area contributed by atoms with E-state index in [1.807, 2.05) is 6.92 Å². The Balaban J connectivity index is 1.84. The maximum atomic E-state index is 14.1. The fourth-order valence-electron chi connectivity index (χ4n) is 3.26. The summed E-state index contributed by atoms with van der Waals surface area (Å²) in [5.74, 6) is 0. The lowest BCUT2D eigenvalue weighted by atomic mass is 9.83. The predicted molar refractivity (Wildman–Crippen MR) is 103 cm³/mol. The second kappa shape index (κ2) is 7.12. The molecule has 4 nitrogen and oxygen atoms in total. The topological polar surface area (TPSA) is 58.0 Å². The first-order valence-corrected chi connectivity index (χ1v) is 9.32. The highest BCUT2D eigenvalue weighted by Gasteiger charge is 2.29. The van der Waals surface area contributed by atoms with E-state index in [4.69, 9.17) is 11.6 Å². The Morgan fingerprint density at radius 3 is 2.50 bits per heavy atom. The molecule has 1 aliphatic rings.